The molecule has 0 aromatic heterocycles. The molecule has 2 amide bonds. The highest BCUT2D eigenvalue weighted by molar-refractivity contribution is 7.90. The lowest BCUT2D eigenvalue weighted by Crippen LogP contribution is -2.51. The standard InChI is InChI=1S/C24H43NO4SSi.C18H29NO4S.C7H15F3O3SSi/c1-10-11-12-19(29-31(8,9)22(3,4)5)17(2)21(26)25-20-15-18-13-14-24(20,23(18,6)7)16-30(25,27)28;1-5-6-7-14(20)12(2)16(21)19-15-10-13-8-9-18(15,17(13,3)4)11-24(19,22)23;1-6(2,3)15(4,5)13-14(11,12)7(8,9)10/h10,17-20H,1,11-16H2,2-9H3;5,12-15,20H,1,6-11H2,2-4H3;1-5H3/t17-,18?,19-,20+,24+;12-,13?,14-,15+,18+;/m11./s1. The summed E-state index contributed by atoms with van der Waals surface area (Å²) in [5.74, 6) is -0.733. The highest BCUT2D eigenvalue weighted by Crippen LogP contribution is 2.71. The molecule has 2 aliphatic heterocycles. The van der Waals surface area contributed by atoms with Crippen LogP contribution in [-0.4, -0.2) is 109 Å². The maximum Gasteiger partial charge on any atom is 0.522 e. The first-order valence-corrected chi connectivity index (χ1v) is 35.5. The van der Waals surface area contributed by atoms with Crippen molar-refractivity contribution < 1.29 is 61.4 Å². The molecule has 70 heavy (non-hydrogen) atoms. The largest absolute Gasteiger partial charge is 0.522 e. The molecule has 2 unspecified atom stereocenters. The molecule has 6 fully saturated rings. The Balaban J connectivity index is 0.000000243. The van der Waals surface area contributed by atoms with Gasteiger partial charge in [0.15, 0.2) is 8.32 Å². The maximum atomic E-state index is 13.8. The molecule has 4 bridgehead atoms. The third kappa shape index (κ3) is 10.8. The summed E-state index contributed by atoms with van der Waals surface area (Å²) in [4.78, 5) is 26.7. The van der Waals surface area contributed by atoms with Gasteiger partial charge in [-0.05, 0) is 123 Å². The number of allylic oxidation sites excluding steroid dienone is 2. The Morgan fingerprint density at radius 2 is 1.10 bits per heavy atom. The van der Waals surface area contributed by atoms with Crippen molar-refractivity contribution in [2.24, 2.45) is 45.3 Å². The molecule has 2 heterocycles. The molecule has 10 atom stereocenters. The molecule has 2 saturated heterocycles. The zero-order chi connectivity index (χ0) is 54.2. The summed E-state index contributed by atoms with van der Waals surface area (Å²) in [5, 5.41) is 9.66. The van der Waals surface area contributed by atoms with Gasteiger partial charge in [0.05, 0.1) is 47.6 Å². The Morgan fingerprint density at radius 1 is 0.729 bits per heavy atom. The monoisotopic (exact) mass is 1090 g/mol. The summed E-state index contributed by atoms with van der Waals surface area (Å²) in [6.45, 7) is 38.5. The van der Waals surface area contributed by atoms with E-state index in [1.165, 1.54) is 17.4 Å². The van der Waals surface area contributed by atoms with Gasteiger partial charge in [-0.3, -0.25) is 9.59 Å². The van der Waals surface area contributed by atoms with Crippen LogP contribution in [0, 0.1) is 45.3 Å². The van der Waals surface area contributed by atoms with Crippen molar-refractivity contribution in [1.82, 2.24) is 8.61 Å². The van der Waals surface area contributed by atoms with Gasteiger partial charge < -0.3 is 13.4 Å². The van der Waals surface area contributed by atoms with Gasteiger partial charge in [-0.1, -0.05) is 95.2 Å². The number of carbonyl (C=O) groups excluding carboxylic acids is 2. The molecule has 6 rings (SSSR count). The Hall–Kier alpha value is -1.63. The molecule has 0 aromatic carbocycles. The topological polar surface area (TPSA) is 182 Å². The average molecular weight is 1090 g/mol. The van der Waals surface area contributed by atoms with Gasteiger partial charge in [-0.25, -0.2) is 25.4 Å². The number of fused-ring (bicyclic) bond motifs is 2. The molecule has 406 valence electrons. The lowest BCUT2D eigenvalue weighted by molar-refractivity contribution is -0.137. The van der Waals surface area contributed by atoms with Crippen LogP contribution < -0.4 is 0 Å². The molecule has 21 heteroatoms. The molecule has 6 aliphatic rings. The zero-order valence-corrected chi connectivity index (χ0v) is 49.4. The molecule has 13 nitrogen and oxygen atoms in total. The third-order valence-corrected chi connectivity index (χ3v) is 34.2. The molecule has 2 spiro atoms. The number of aliphatic hydroxyl groups is 1. The second kappa shape index (κ2) is 19.8. The van der Waals surface area contributed by atoms with E-state index < -0.39 is 81.2 Å². The Morgan fingerprint density at radius 3 is 1.44 bits per heavy atom. The minimum absolute atomic E-state index is 0.0145. The molecule has 0 aromatic rings. The minimum Gasteiger partial charge on any atom is -0.413 e. The van der Waals surface area contributed by atoms with E-state index in [2.05, 4.69) is 78.6 Å². The van der Waals surface area contributed by atoms with Crippen LogP contribution in [0.25, 0.3) is 0 Å². The van der Waals surface area contributed by atoms with Gasteiger partial charge in [0.1, 0.15) is 0 Å². The third-order valence-electron chi connectivity index (χ3n) is 19.2. The van der Waals surface area contributed by atoms with Gasteiger partial charge in [0.2, 0.25) is 40.2 Å². The fourth-order valence-electron chi connectivity index (χ4n) is 12.1. The smallest absolute Gasteiger partial charge is 0.413 e. The number of hydrogen-bond donors (Lipinski definition) is 1. The summed E-state index contributed by atoms with van der Waals surface area (Å²) < 4.78 is 124. The molecule has 4 aliphatic carbocycles. The first-order valence-electron chi connectivity index (χ1n) is 25.0. The predicted molar refractivity (Wildman–Crippen MR) is 274 cm³/mol. The normalized spacial score (nSPS) is 31.0. The molecular weight excluding hydrogens is 1000 g/mol. The Bertz CT molecular complexity index is 2330. The van der Waals surface area contributed by atoms with Crippen LogP contribution in [0.2, 0.25) is 36.3 Å². The van der Waals surface area contributed by atoms with E-state index in [0.717, 1.165) is 49.3 Å². The zero-order valence-electron chi connectivity index (χ0n) is 45.0. The Labute approximate surface area is 422 Å². The van der Waals surface area contributed by atoms with E-state index in [1.54, 1.807) is 33.8 Å². The molecule has 4 saturated carbocycles. The summed E-state index contributed by atoms with van der Waals surface area (Å²) in [7, 11) is -17.8. The van der Waals surface area contributed by atoms with Crippen LogP contribution in [-0.2, 0) is 48.1 Å². The molecule has 0 radical (unpaired) electrons. The van der Waals surface area contributed by atoms with Crippen LogP contribution in [0.3, 0.4) is 0 Å². The van der Waals surface area contributed by atoms with Crippen molar-refractivity contribution in [3.05, 3.63) is 25.3 Å². The van der Waals surface area contributed by atoms with Crippen LogP contribution in [0.15, 0.2) is 25.3 Å². The van der Waals surface area contributed by atoms with Crippen LogP contribution in [0.1, 0.15) is 147 Å². The van der Waals surface area contributed by atoms with Crippen LogP contribution in [0.5, 0.6) is 0 Å². The van der Waals surface area contributed by atoms with Crippen molar-refractivity contribution in [1.29, 1.82) is 0 Å². The predicted octanol–water partition coefficient (Wildman–Crippen LogP) is 10.5. The second-order valence-electron chi connectivity index (χ2n) is 25.5. The number of amides is 2. The number of alkyl halides is 3. The van der Waals surface area contributed by atoms with Gasteiger partial charge in [0.25, 0.3) is 0 Å². The number of carbonyl (C=O) groups is 2. The number of aliphatic hydroxyl groups excluding tert-OH is 1. The number of halogens is 3. The minimum atomic E-state index is -5.48. The lowest BCUT2D eigenvalue weighted by Gasteiger charge is -2.41. The Kier molecular flexibility index (Phi) is 17.3. The molecular formula is C49H87F3N2O11S3Si2. The number of hydrogen-bond acceptors (Lipinski definition) is 11. The summed E-state index contributed by atoms with van der Waals surface area (Å²) in [6.07, 6.45) is 10.4. The van der Waals surface area contributed by atoms with E-state index in [4.69, 9.17) is 4.43 Å². The van der Waals surface area contributed by atoms with E-state index in [-0.39, 0.29) is 62.3 Å². The first kappa shape index (κ1) is 60.9. The van der Waals surface area contributed by atoms with Crippen molar-refractivity contribution in [2.75, 3.05) is 11.5 Å². The highest BCUT2D eigenvalue weighted by Gasteiger charge is 2.74. The van der Waals surface area contributed by atoms with Crippen molar-refractivity contribution in [3.63, 3.8) is 0 Å². The van der Waals surface area contributed by atoms with E-state index in [9.17, 15) is 53.1 Å². The van der Waals surface area contributed by atoms with Gasteiger partial charge in [-0.2, -0.15) is 21.6 Å². The van der Waals surface area contributed by atoms with Crippen molar-refractivity contribution >= 4 is 58.6 Å². The quantitative estimate of drug-likeness (QED) is 0.0993. The maximum absolute atomic E-state index is 13.8. The summed E-state index contributed by atoms with van der Waals surface area (Å²) in [5.41, 5.74) is -6.03. The SMILES string of the molecule is C=CCC[C@@H](O)[C@@H](C)C(=O)N1[C@H]2CC3CC[C@@]2(CS1(=O)=O)C3(C)C.C=CCC[C@@H](O[Si](C)(C)C(C)(C)C)[C@@H](C)C(=O)N1[C@H]2CC3CC[C@@]2(CS1(=O)=O)C3(C)C.CC(C)(C)[Si](C)(C)OS(=O)(=O)C(F)(F)F. The summed E-state index contributed by atoms with van der Waals surface area (Å²) in [6, 6.07) is -0.410. The van der Waals surface area contributed by atoms with Crippen LogP contribution >= 0.6 is 0 Å². The van der Waals surface area contributed by atoms with E-state index >= 15 is 0 Å². The van der Waals surface area contributed by atoms with Crippen molar-refractivity contribution in [2.45, 2.75) is 213 Å². The van der Waals surface area contributed by atoms with Gasteiger partial charge in [0, 0.05) is 10.8 Å². The first-order chi connectivity index (χ1) is 31.3. The van der Waals surface area contributed by atoms with Gasteiger partial charge in [-0.15, -0.1) is 13.2 Å². The van der Waals surface area contributed by atoms with E-state index in [0.29, 0.717) is 31.1 Å². The van der Waals surface area contributed by atoms with Crippen molar-refractivity contribution in [3.8, 4) is 0 Å². The lowest BCUT2D eigenvalue weighted by atomic mass is 9.69. The number of rotatable bonds is 14. The van der Waals surface area contributed by atoms with Gasteiger partial charge >= 0.3 is 15.6 Å². The number of nitrogens with zero attached hydrogens (tertiary/aromatic N) is 2. The fraction of sp³-hybridized carbons (Fsp3) is 0.878. The summed E-state index contributed by atoms with van der Waals surface area (Å²) >= 11 is 0. The second-order valence-corrected chi connectivity index (χ2v) is 40.6. The van der Waals surface area contributed by atoms with E-state index in [1.807, 2.05) is 13.0 Å². The fourth-order valence-corrected chi connectivity index (χ4v) is 22.4. The molecule has 1 N–H and O–H groups in total. The highest BCUT2D eigenvalue weighted by atomic mass is 32.2. The van der Waals surface area contributed by atoms with Crippen LogP contribution in [0.4, 0.5) is 13.2 Å². The number of sulfonamides is 2. The average Bonchev–Trinajstić information content (AvgIpc) is 3.89.